The van der Waals surface area contributed by atoms with Crippen molar-refractivity contribution < 1.29 is 23.1 Å². The van der Waals surface area contributed by atoms with Crippen LogP contribution in [0.4, 0.5) is 0 Å². The Morgan fingerprint density at radius 1 is 1.52 bits per heavy atom. The molecular formula is C14H16N2O5S2. The molecule has 0 spiro atoms. The van der Waals surface area contributed by atoms with E-state index in [0.717, 1.165) is 15.6 Å². The van der Waals surface area contributed by atoms with E-state index in [9.17, 15) is 23.1 Å². The van der Waals surface area contributed by atoms with Gasteiger partial charge in [0.05, 0.1) is 5.92 Å². The van der Waals surface area contributed by atoms with Crippen LogP contribution in [0.5, 0.6) is 0 Å². The minimum absolute atomic E-state index is 0.00825. The summed E-state index contributed by atoms with van der Waals surface area (Å²) in [5, 5.41) is 11.3. The van der Waals surface area contributed by atoms with E-state index in [2.05, 4.69) is 6.58 Å². The van der Waals surface area contributed by atoms with E-state index < -0.39 is 27.3 Å². The van der Waals surface area contributed by atoms with Gasteiger partial charge in [-0.2, -0.15) is 4.31 Å². The molecule has 3 heterocycles. The van der Waals surface area contributed by atoms with Gasteiger partial charge in [-0.05, 0) is 11.4 Å². The number of rotatable bonds is 5. The summed E-state index contributed by atoms with van der Waals surface area (Å²) in [6.07, 6.45) is 1.54. The number of carboxylic acid groups (broad SMARTS) is 1. The lowest BCUT2D eigenvalue weighted by atomic mass is 9.81. The minimum Gasteiger partial charge on any atom is -0.481 e. The summed E-state index contributed by atoms with van der Waals surface area (Å²) in [6, 6.07) is 3.10. The van der Waals surface area contributed by atoms with Gasteiger partial charge < -0.3 is 10.0 Å². The fraction of sp³-hybridized carbons (Fsp3) is 0.429. The zero-order valence-corrected chi connectivity index (χ0v) is 13.8. The number of fused-ring (bicyclic) bond motifs is 1. The second kappa shape index (κ2) is 5.43. The lowest BCUT2D eigenvalue weighted by molar-refractivity contribution is -0.149. The summed E-state index contributed by atoms with van der Waals surface area (Å²) in [6.45, 7) is 3.55. The normalized spacial score (nSPS) is 28.1. The van der Waals surface area contributed by atoms with Crippen LogP contribution >= 0.6 is 11.3 Å². The van der Waals surface area contributed by atoms with Crippen molar-refractivity contribution in [3.8, 4) is 0 Å². The number of aliphatic carboxylic acids is 1. The summed E-state index contributed by atoms with van der Waals surface area (Å²) in [5.74, 6) is -2.31. The van der Waals surface area contributed by atoms with E-state index in [-0.39, 0.29) is 36.3 Å². The Labute approximate surface area is 137 Å². The molecule has 1 N–H and O–H groups in total. The average Bonchev–Trinajstić information content (AvgIpc) is 3.18. The molecule has 2 saturated heterocycles. The van der Waals surface area contributed by atoms with Crippen molar-refractivity contribution in [2.75, 3.05) is 26.2 Å². The quantitative estimate of drug-likeness (QED) is 0.774. The van der Waals surface area contributed by atoms with Crippen LogP contribution in [0.2, 0.25) is 0 Å². The molecule has 1 aromatic rings. The number of thiophene rings is 1. The van der Waals surface area contributed by atoms with Gasteiger partial charge in [-0.3, -0.25) is 9.59 Å². The van der Waals surface area contributed by atoms with Crippen LogP contribution in [0.3, 0.4) is 0 Å². The molecule has 2 aliphatic heterocycles. The Morgan fingerprint density at radius 2 is 2.26 bits per heavy atom. The van der Waals surface area contributed by atoms with Crippen LogP contribution in [0.25, 0.3) is 0 Å². The first-order valence-corrected chi connectivity index (χ1v) is 9.31. The zero-order valence-electron chi connectivity index (χ0n) is 12.2. The molecule has 9 heteroatoms. The third kappa shape index (κ3) is 2.30. The fourth-order valence-corrected chi connectivity index (χ4v) is 5.96. The van der Waals surface area contributed by atoms with Gasteiger partial charge in [0.15, 0.2) is 0 Å². The summed E-state index contributed by atoms with van der Waals surface area (Å²) < 4.78 is 26.5. The van der Waals surface area contributed by atoms with E-state index in [4.69, 9.17) is 0 Å². The van der Waals surface area contributed by atoms with Gasteiger partial charge in [-0.25, -0.2) is 8.42 Å². The Bertz CT molecular complexity index is 758. The van der Waals surface area contributed by atoms with Crippen molar-refractivity contribution in [1.29, 1.82) is 0 Å². The Morgan fingerprint density at radius 3 is 2.78 bits per heavy atom. The van der Waals surface area contributed by atoms with E-state index in [1.165, 1.54) is 17.0 Å². The first-order valence-electron chi connectivity index (χ1n) is 6.99. The minimum atomic E-state index is -3.76. The van der Waals surface area contributed by atoms with Gasteiger partial charge in [0.25, 0.3) is 10.0 Å². The smallest absolute Gasteiger partial charge is 0.313 e. The largest absolute Gasteiger partial charge is 0.481 e. The number of amides is 1. The van der Waals surface area contributed by atoms with Crippen LogP contribution in [-0.4, -0.2) is 60.8 Å². The van der Waals surface area contributed by atoms with E-state index in [1.54, 1.807) is 11.4 Å². The van der Waals surface area contributed by atoms with Gasteiger partial charge in [-0.1, -0.05) is 12.1 Å². The number of carbonyl (C=O) groups excluding carboxylic acids is 1. The molecule has 0 radical (unpaired) electrons. The van der Waals surface area contributed by atoms with Gasteiger partial charge in [0.1, 0.15) is 9.62 Å². The number of carboxylic acids is 1. The van der Waals surface area contributed by atoms with Crippen molar-refractivity contribution in [3.05, 3.63) is 30.2 Å². The molecule has 1 amide bonds. The first-order chi connectivity index (χ1) is 10.8. The Balaban J connectivity index is 1.94. The van der Waals surface area contributed by atoms with Crippen LogP contribution in [0.15, 0.2) is 34.4 Å². The van der Waals surface area contributed by atoms with E-state index in [1.807, 2.05) is 0 Å². The van der Waals surface area contributed by atoms with Crippen molar-refractivity contribution >= 4 is 33.2 Å². The van der Waals surface area contributed by atoms with Gasteiger partial charge in [-0.15, -0.1) is 17.9 Å². The molecule has 23 heavy (non-hydrogen) atoms. The van der Waals surface area contributed by atoms with Crippen LogP contribution in [0, 0.1) is 11.3 Å². The highest BCUT2D eigenvalue weighted by molar-refractivity contribution is 7.91. The molecule has 0 unspecified atom stereocenters. The third-order valence-corrected chi connectivity index (χ3v) is 7.64. The highest BCUT2D eigenvalue weighted by Crippen LogP contribution is 2.45. The topological polar surface area (TPSA) is 95.0 Å². The number of hydrogen-bond acceptors (Lipinski definition) is 5. The maximum Gasteiger partial charge on any atom is 0.313 e. The van der Waals surface area contributed by atoms with Gasteiger partial charge in [0.2, 0.25) is 5.91 Å². The third-order valence-electron chi connectivity index (χ3n) is 4.46. The predicted molar refractivity (Wildman–Crippen MR) is 83.4 cm³/mol. The van der Waals surface area contributed by atoms with Crippen molar-refractivity contribution in [2.24, 2.45) is 11.3 Å². The second-order valence-electron chi connectivity index (χ2n) is 5.75. The molecule has 7 nitrogen and oxygen atoms in total. The predicted octanol–water partition coefficient (Wildman–Crippen LogP) is 0.468. The Kier molecular flexibility index (Phi) is 3.81. The lowest BCUT2D eigenvalue weighted by Gasteiger charge is -2.24. The highest BCUT2D eigenvalue weighted by Gasteiger charge is 2.63. The molecule has 124 valence electrons. The number of hydrogen-bond donors (Lipinski definition) is 1. The maximum atomic E-state index is 12.6. The second-order valence-corrected chi connectivity index (χ2v) is 8.86. The number of carbonyl (C=O) groups is 2. The average molecular weight is 356 g/mol. The van der Waals surface area contributed by atoms with E-state index >= 15 is 0 Å². The maximum absolute atomic E-state index is 12.6. The molecule has 2 atom stereocenters. The molecule has 3 rings (SSSR count). The summed E-state index contributed by atoms with van der Waals surface area (Å²) in [7, 11) is -3.76. The molecule has 0 aliphatic carbocycles. The van der Waals surface area contributed by atoms with E-state index in [0.29, 0.717) is 0 Å². The Hall–Kier alpha value is -1.71. The van der Waals surface area contributed by atoms with Gasteiger partial charge >= 0.3 is 5.97 Å². The molecule has 2 aliphatic rings. The van der Waals surface area contributed by atoms with Crippen LogP contribution < -0.4 is 0 Å². The summed E-state index contributed by atoms with van der Waals surface area (Å²) >= 11 is 1.08. The van der Waals surface area contributed by atoms with Crippen LogP contribution in [-0.2, 0) is 19.6 Å². The molecule has 0 bridgehead atoms. The summed E-state index contributed by atoms with van der Waals surface area (Å²) in [4.78, 5) is 25.7. The zero-order chi connectivity index (χ0) is 16.8. The molecular weight excluding hydrogens is 340 g/mol. The van der Waals surface area contributed by atoms with Crippen molar-refractivity contribution in [1.82, 2.24) is 9.21 Å². The van der Waals surface area contributed by atoms with Crippen LogP contribution in [0.1, 0.15) is 0 Å². The molecule has 1 aromatic heterocycles. The highest BCUT2D eigenvalue weighted by atomic mass is 32.2. The number of likely N-dealkylation sites (tertiary alicyclic amines) is 1. The monoisotopic (exact) mass is 356 g/mol. The summed E-state index contributed by atoms with van der Waals surface area (Å²) in [5.41, 5.74) is -1.38. The SMILES string of the molecule is C=CCN1C[C@@]2(C(=O)O)CN(S(=O)(=O)c3cccs3)C[C@H]2C1=O. The van der Waals surface area contributed by atoms with Gasteiger partial charge in [0, 0.05) is 26.2 Å². The fourth-order valence-electron chi connectivity index (χ4n) is 3.30. The van der Waals surface area contributed by atoms with Crippen molar-refractivity contribution in [2.45, 2.75) is 4.21 Å². The molecule has 0 aromatic carbocycles. The number of sulfonamides is 1. The standard InChI is InChI=1S/C14H16N2O5S2/c1-2-5-15-8-14(13(18)19)9-16(7-10(14)12(15)17)23(20,21)11-4-3-6-22-11/h2-4,6,10H,1,5,7-9H2,(H,18,19)/t10-,14+/m0/s1. The first kappa shape index (κ1) is 16.2. The molecule has 2 fully saturated rings. The van der Waals surface area contributed by atoms with Crippen molar-refractivity contribution in [3.63, 3.8) is 0 Å². The molecule has 0 saturated carbocycles. The number of nitrogens with zero attached hydrogens (tertiary/aromatic N) is 2. The lowest BCUT2D eigenvalue weighted by Crippen LogP contribution is -2.42.